The van der Waals surface area contributed by atoms with E-state index in [1.807, 2.05) is 17.5 Å². The molecule has 0 bridgehead atoms. The summed E-state index contributed by atoms with van der Waals surface area (Å²) < 4.78 is 0. The normalized spacial score (nSPS) is 12.6. The summed E-state index contributed by atoms with van der Waals surface area (Å²) >= 11 is 1.47. The van der Waals surface area contributed by atoms with Gasteiger partial charge >= 0.3 is 0 Å². The molecule has 3 nitrogen and oxygen atoms in total. The molecule has 1 aromatic rings. The molecule has 66 valence electrons. The summed E-state index contributed by atoms with van der Waals surface area (Å²) in [5.41, 5.74) is 0. The molecule has 0 saturated heterocycles. The van der Waals surface area contributed by atoms with Crippen LogP contribution in [0.4, 0.5) is 5.00 Å². The predicted molar refractivity (Wildman–Crippen MR) is 49.4 cm³/mol. The van der Waals surface area contributed by atoms with E-state index in [1.165, 1.54) is 23.2 Å². The zero-order chi connectivity index (χ0) is 9.14. The third-order valence-electron chi connectivity index (χ3n) is 1.52. The maximum atomic E-state index is 11.2. The molecular formula is C8H11NO2S. The number of thiophene rings is 1. The quantitative estimate of drug-likeness (QED) is 0.749. The molecule has 1 rings (SSSR count). The molecule has 0 fully saturated rings. The van der Waals surface area contributed by atoms with Crippen LogP contribution in [0.5, 0.6) is 0 Å². The van der Waals surface area contributed by atoms with Gasteiger partial charge in [-0.2, -0.15) is 0 Å². The van der Waals surface area contributed by atoms with E-state index in [-0.39, 0.29) is 5.91 Å². The first-order valence-corrected chi connectivity index (χ1v) is 4.50. The highest BCUT2D eigenvalue weighted by Gasteiger charge is 2.16. The maximum absolute atomic E-state index is 11.2. The van der Waals surface area contributed by atoms with Crippen LogP contribution in [0.15, 0.2) is 17.5 Å². The molecule has 0 radical (unpaired) electrons. The second kappa shape index (κ2) is 3.69. The fourth-order valence-corrected chi connectivity index (χ4v) is 1.55. The molecule has 4 heteroatoms. The number of anilines is 1. The molecular weight excluding hydrogens is 174 g/mol. The molecule has 1 atom stereocenters. The van der Waals surface area contributed by atoms with E-state index in [2.05, 4.69) is 0 Å². The van der Waals surface area contributed by atoms with Gasteiger partial charge in [0, 0.05) is 7.05 Å². The number of carbonyl (C=O) groups is 1. The van der Waals surface area contributed by atoms with Gasteiger partial charge in [0.1, 0.15) is 6.10 Å². The zero-order valence-electron chi connectivity index (χ0n) is 7.02. The van der Waals surface area contributed by atoms with Gasteiger partial charge in [0.05, 0.1) is 5.00 Å². The molecule has 12 heavy (non-hydrogen) atoms. The number of rotatable bonds is 2. The molecule has 0 saturated carbocycles. The molecule has 1 N–H and O–H groups in total. The van der Waals surface area contributed by atoms with Gasteiger partial charge in [0.15, 0.2) is 0 Å². The van der Waals surface area contributed by atoms with Crippen molar-refractivity contribution in [1.29, 1.82) is 0 Å². The summed E-state index contributed by atoms with van der Waals surface area (Å²) in [4.78, 5) is 12.7. The van der Waals surface area contributed by atoms with Gasteiger partial charge in [0.2, 0.25) is 0 Å². The van der Waals surface area contributed by atoms with Crippen molar-refractivity contribution >= 4 is 22.2 Å². The van der Waals surface area contributed by atoms with Crippen molar-refractivity contribution in [1.82, 2.24) is 0 Å². The third kappa shape index (κ3) is 1.84. The minimum absolute atomic E-state index is 0.280. The molecule has 1 amide bonds. The van der Waals surface area contributed by atoms with E-state index in [0.29, 0.717) is 0 Å². The summed E-state index contributed by atoms with van der Waals surface area (Å²) in [6.07, 6.45) is -0.933. The average molecular weight is 185 g/mol. The van der Waals surface area contributed by atoms with Crippen LogP contribution in [0.25, 0.3) is 0 Å². The SMILES string of the molecule is CC(O)C(=O)N(C)c1cccs1. The fourth-order valence-electron chi connectivity index (χ4n) is 0.850. The monoisotopic (exact) mass is 185 g/mol. The molecule has 0 aliphatic heterocycles. The minimum Gasteiger partial charge on any atom is -0.384 e. The van der Waals surface area contributed by atoms with Gasteiger partial charge in [-0.05, 0) is 24.4 Å². The first-order valence-electron chi connectivity index (χ1n) is 3.62. The van der Waals surface area contributed by atoms with Crippen LogP contribution in [0.1, 0.15) is 6.92 Å². The topological polar surface area (TPSA) is 40.5 Å². The van der Waals surface area contributed by atoms with Crippen LogP contribution in [-0.2, 0) is 4.79 Å². The van der Waals surface area contributed by atoms with Crippen LogP contribution in [-0.4, -0.2) is 24.2 Å². The smallest absolute Gasteiger partial charge is 0.255 e. The van der Waals surface area contributed by atoms with Gasteiger partial charge in [0.25, 0.3) is 5.91 Å². The molecule has 1 heterocycles. The second-order valence-corrected chi connectivity index (χ2v) is 3.45. The lowest BCUT2D eigenvalue weighted by Crippen LogP contribution is -2.33. The maximum Gasteiger partial charge on any atom is 0.255 e. The summed E-state index contributed by atoms with van der Waals surface area (Å²) in [5.74, 6) is -0.280. The highest BCUT2D eigenvalue weighted by Crippen LogP contribution is 2.19. The van der Waals surface area contributed by atoms with Crippen LogP contribution in [0, 0.1) is 0 Å². The summed E-state index contributed by atoms with van der Waals surface area (Å²) in [6, 6.07) is 3.71. The van der Waals surface area contributed by atoms with Crippen molar-refractivity contribution in [2.24, 2.45) is 0 Å². The number of aliphatic hydroxyl groups excluding tert-OH is 1. The zero-order valence-corrected chi connectivity index (χ0v) is 7.84. The van der Waals surface area contributed by atoms with Gasteiger partial charge in [-0.25, -0.2) is 0 Å². The molecule has 1 aromatic heterocycles. The number of aliphatic hydroxyl groups is 1. The molecule has 1 unspecified atom stereocenters. The Morgan fingerprint density at radius 2 is 2.42 bits per heavy atom. The number of hydrogen-bond donors (Lipinski definition) is 1. The second-order valence-electron chi connectivity index (χ2n) is 2.52. The van der Waals surface area contributed by atoms with E-state index in [1.54, 1.807) is 7.05 Å². The van der Waals surface area contributed by atoms with Crippen LogP contribution < -0.4 is 4.90 Å². The number of amides is 1. The summed E-state index contributed by atoms with van der Waals surface area (Å²) in [7, 11) is 1.65. The predicted octanol–water partition coefficient (Wildman–Crippen LogP) is 1.09. The first-order chi connectivity index (χ1) is 5.63. The lowest BCUT2D eigenvalue weighted by Gasteiger charge is -2.16. The Bertz CT molecular complexity index is 256. The fraction of sp³-hybridized carbons (Fsp3) is 0.375. The largest absolute Gasteiger partial charge is 0.384 e. The Hall–Kier alpha value is -0.870. The standard InChI is InChI=1S/C8H11NO2S/c1-6(10)8(11)9(2)7-4-3-5-12-7/h3-6,10H,1-2H3. The molecule has 0 aliphatic carbocycles. The van der Waals surface area contributed by atoms with Crippen molar-refractivity contribution in [3.8, 4) is 0 Å². The number of hydrogen-bond acceptors (Lipinski definition) is 3. The van der Waals surface area contributed by atoms with E-state index in [4.69, 9.17) is 5.11 Å². The van der Waals surface area contributed by atoms with Gasteiger partial charge < -0.3 is 10.0 Å². The number of nitrogens with zero attached hydrogens (tertiary/aromatic N) is 1. The van der Waals surface area contributed by atoms with E-state index in [0.717, 1.165) is 5.00 Å². The van der Waals surface area contributed by atoms with Crippen molar-refractivity contribution in [3.05, 3.63) is 17.5 Å². The Balaban J connectivity index is 2.72. The lowest BCUT2D eigenvalue weighted by atomic mass is 10.3. The highest BCUT2D eigenvalue weighted by atomic mass is 32.1. The van der Waals surface area contributed by atoms with Crippen molar-refractivity contribution in [2.75, 3.05) is 11.9 Å². The average Bonchev–Trinajstić information content (AvgIpc) is 2.53. The Kier molecular flexibility index (Phi) is 2.83. The number of carbonyl (C=O) groups excluding carboxylic acids is 1. The Morgan fingerprint density at radius 3 is 2.83 bits per heavy atom. The van der Waals surface area contributed by atoms with Crippen molar-refractivity contribution in [3.63, 3.8) is 0 Å². The van der Waals surface area contributed by atoms with Gasteiger partial charge in [-0.15, -0.1) is 11.3 Å². The van der Waals surface area contributed by atoms with E-state index < -0.39 is 6.10 Å². The van der Waals surface area contributed by atoms with Crippen molar-refractivity contribution < 1.29 is 9.90 Å². The van der Waals surface area contributed by atoms with Crippen LogP contribution in [0.2, 0.25) is 0 Å². The Morgan fingerprint density at radius 1 is 1.75 bits per heavy atom. The summed E-state index contributed by atoms with van der Waals surface area (Å²) in [5, 5.41) is 11.7. The first kappa shape index (κ1) is 9.22. The van der Waals surface area contributed by atoms with Crippen LogP contribution in [0.3, 0.4) is 0 Å². The molecule has 0 spiro atoms. The lowest BCUT2D eigenvalue weighted by molar-refractivity contribution is -0.125. The minimum atomic E-state index is -0.933. The highest BCUT2D eigenvalue weighted by molar-refractivity contribution is 7.14. The molecule has 0 aliphatic rings. The van der Waals surface area contributed by atoms with Crippen molar-refractivity contribution in [2.45, 2.75) is 13.0 Å². The van der Waals surface area contributed by atoms with Gasteiger partial charge in [-0.1, -0.05) is 0 Å². The molecule has 0 aromatic carbocycles. The summed E-state index contributed by atoms with van der Waals surface area (Å²) in [6.45, 7) is 1.46. The number of likely N-dealkylation sites (N-methyl/N-ethyl adjacent to an activating group) is 1. The third-order valence-corrected chi connectivity index (χ3v) is 2.47. The van der Waals surface area contributed by atoms with Crippen LogP contribution >= 0.6 is 11.3 Å². The van der Waals surface area contributed by atoms with E-state index in [9.17, 15) is 4.79 Å². The van der Waals surface area contributed by atoms with Gasteiger partial charge in [-0.3, -0.25) is 4.79 Å². The van der Waals surface area contributed by atoms with E-state index >= 15 is 0 Å². The Labute approximate surface area is 75.2 Å².